The zero-order valence-electron chi connectivity index (χ0n) is 6.54. The summed E-state index contributed by atoms with van der Waals surface area (Å²) in [5.74, 6) is -0.183. The Hall–Kier alpha value is -0.540. The van der Waals surface area contributed by atoms with E-state index in [0.717, 1.165) is 4.90 Å². The van der Waals surface area contributed by atoms with E-state index in [9.17, 15) is 4.39 Å². The van der Waals surface area contributed by atoms with E-state index >= 15 is 0 Å². The fourth-order valence-corrected chi connectivity index (χ4v) is 1.46. The molecule has 0 saturated carbocycles. The molecule has 0 spiro atoms. The SMILES string of the molecule is CN(C)Sc1cccc(F)c1. The van der Waals surface area contributed by atoms with Gasteiger partial charge in [0.05, 0.1) is 0 Å². The van der Waals surface area contributed by atoms with Crippen LogP contribution in [0.3, 0.4) is 0 Å². The van der Waals surface area contributed by atoms with E-state index in [4.69, 9.17) is 0 Å². The van der Waals surface area contributed by atoms with Crippen LogP contribution >= 0.6 is 11.9 Å². The Bertz CT molecular complexity index is 237. The van der Waals surface area contributed by atoms with E-state index in [0.29, 0.717) is 0 Å². The molecule has 0 aliphatic rings. The third-order valence-electron chi connectivity index (χ3n) is 1.08. The van der Waals surface area contributed by atoms with Crippen LogP contribution in [0.25, 0.3) is 0 Å². The summed E-state index contributed by atoms with van der Waals surface area (Å²) in [4.78, 5) is 0.926. The van der Waals surface area contributed by atoms with Gasteiger partial charge in [0.2, 0.25) is 0 Å². The van der Waals surface area contributed by atoms with E-state index in [1.165, 1.54) is 24.1 Å². The molecule has 0 fully saturated rings. The molecule has 1 nitrogen and oxygen atoms in total. The number of hydrogen-bond donors (Lipinski definition) is 0. The molecule has 0 amide bonds. The van der Waals surface area contributed by atoms with Crippen LogP contribution in [0.5, 0.6) is 0 Å². The van der Waals surface area contributed by atoms with Gasteiger partial charge in [0.15, 0.2) is 0 Å². The first kappa shape index (κ1) is 8.56. The highest BCUT2D eigenvalue weighted by molar-refractivity contribution is 7.97. The van der Waals surface area contributed by atoms with Crippen LogP contribution in [0, 0.1) is 5.82 Å². The maximum Gasteiger partial charge on any atom is 0.124 e. The highest BCUT2D eigenvalue weighted by Crippen LogP contribution is 2.19. The van der Waals surface area contributed by atoms with Gasteiger partial charge >= 0.3 is 0 Å². The predicted octanol–water partition coefficient (Wildman–Crippen LogP) is 2.39. The van der Waals surface area contributed by atoms with Crippen LogP contribution < -0.4 is 0 Å². The second kappa shape index (κ2) is 3.74. The largest absolute Gasteiger partial charge is 0.253 e. The number of rotatable bonds is 2. The van der Waals surface area contributed by atoms with Crippen molar-refractivity contribution in [3.05, 3.63) is 30.1 Å². The molecule has 60 valence electrons. The Labute approximate surface area is 70.3 Å². The van der Waals surface area contributed by atoms with Crippen LogP contribution in [-0.2, 0) is 0 Å². The van der Waals surface area contributed by atoms with Crippen molar-refractivity contribution in [3.63, 3.8) is 0 Å². The van der Waals surface area contributed by atoms with Crippen LogP contribution in [-0.4, -0.2) is 18.4 Å². The predicted molar refractivity (Wildman–Crippen MR) is 45.9 cm³/mol. The Kier molecular flexibility index (Phi) is 2.91. The van der Waals surface area contributed by atoms with Gasteiger partial charge in [-0.1, -0.05) is 6.07 Å². The van der Waals surface area contributed by atoms with Crippen molar-refractivity contribution in [2.24, 2.45) is 0 Å². The second-order valence-corrected chi connectivity index (χ2v) is 3.75. The third-order valence-corrected chi connectivity index (χ3v) is 1.91. The fraction of sp³-hybridized carbons (Fsp3) is 0.250. The molecule has 0 bridgehead atoms. The average molecular weight is 171 g/mol. The number of nitrogens with zero attached hydrogens (tertiary/aromatic N) is 1. The first-order valence-electron chi connectivity index (χ1n) is 3.29. The highest BCUT2D eigenvalue weighted by Gasteiger charge is 1.96. The van der Waals surface area contributed by atoms with Gasteiger partial charge in [-0.2, -0.15) is 0 Å². The van der Waals surface area contributed by atoms with Crippen molar-refractivity contribution in [3.8, 4) is 0 Å². The second-order valence-electron chi connectivity index (χ2n) is 2.36. The molecule has 0 aliphatic heterocycles. The standard InChI is InChI=1S/C8H10FNS/c1-10(2)11-8-5-3-4-7(9)6-8/h3-6H,1-2H3. The van der Waals surface area contributed by atoms with Gasteiger partial charge in [-0.15, -0.1) is 0 Å². The molecule has 0 aromatic heterocycles. The Morgan fingerprint density at radius 1 is 1.36 bits per heavy atom. The maximum atomic E-state index is 12.6. The Morgan fingerprint density at radius 2 is 2.09 bits per heavy atom. The summed E-state index contributed by atoms with van der Waals surface area (Å²) < 4.78 is 14.5. The van der Waals surface area contributed by atoms with E-state index in [1.54, 1.807) is 6.07 Å². The minimum Gasteiger partial charge on any atom is -0.253 e. The third kappa shape index (κ3) is 2.91. The summed E-state index contributed by atoms with van der Waals surface area (Å²) in [6, 6.07) is 6.55. The molecule has 0 radical (unpaired) electrons. The van der Waals surface area contributed by atoms with Gasteiger partial charge in [-0.3, -0.25) is 4.31 Å². The van der Waals surface area contributed by atoms with Crippen molar-refractivity contribution in [2.75, 3.05) is 14.1 Å². The van der Waals surface area contributed by atoms with Crippen molar-refractivity contribution < 1.29 is 4.39 Å². The molecular weight excluding hydrogens is 161 g/mol. The zero-order valence-corrected chi connectivity index (χ0v) is 7.36. The van der Waals surface area contributed by atoms with Crippen molar-refractivity contribution >= 4 is 11.9 Å². The smallest absolute Gasteiger partial charge is 0.124 e. The summed E-state index contributed by atoms with van der Waals surface area (Å²) >= 11 is 1.51. The van der Waals surface area contributed by atoms with E-state index in [2.05, 4.69) is 0 Å². The Morgan fingerprint density at radius 3 is 2.64 bits per heavy atom. The minimum atomic E-state index is -0.183. The topological polar surface area (TPSA) is 3.24 Å². The molecule has 3 heteroatoms. The first-order chi connectivity index (χ1) is 5.18. The summed E-state index contributed by atoms with van der Waals surface area (Å²) in [6.07, 6.45) is 0. The Balaban J connectivity index is 2.71. The summed E-state index contributed by atoms with van der Waals surface area (Å²) in [5, 5.41) is 0. The highest BCUT2D eigenvalue weighted by atomic mass is 32.2. The first-order valence-corrected chi connectivity index (χ1v) is 4.06. The lowest BCUT2D eigenvalue weighted by Crippen LogP contribution is -1.98. The molecule has 0 unspecified atom stereocenters. The van der Waals surface area contributed by atoms with Gasteiger partial charge in [0.1, 0.15) is 5.82 Å². The lowest BCUT2D eigenvalue weighted by Gasteiger charge is -2.07. The monoisotopic (exact) mass is 171 g/mol. The van der Waals surface area contributed by atoms with Gasteiger partial charge in [-0.05, 0) is 44.2 Å². The molecule has 0 atom stereocenters. The molecule has 11 heavy (non-hydrogen) atoms. The molecule has 0 N–H and O–H groups in total. The fourth-order valence-electron chi connectivity index (χ4n) is 0.735. The summed E-state index contributed by atoms with van der Waals surface area (Å²) in [7, 11) is 3.85. The van der Waals surface area contributed by atoms with Crippen LogP contribution in [0.4, 0.5) is 4.39 Å². The van der Waals surface area contributed by atoms with Gasteiger partial charge in [0, 0.05) is 4.90 Å². The van der Waals surface area contributed by atoms with Crippen molar-refractivity contribution in [1.82, 2.24) is 4.31 Å². The van der Waals surface area contributed by atoms with Crippen LogP contribution in [0.2, 0.25) is 0 Å². The number of halogens is 1. The molecule has 1 aromatic rings. The molecule has 0 saturated heterocycles. The van der Waals surface area contributed by atoms with Crippen molar-refractivity contribution in [2.45, 2.75) is 4.90 Å². The molecular formula is C8H10FNS. The van der Waals surface area contributed by atoms with Gasteiger partial charge < -0.3 is 0 Å². The van der Waals surface area contributed by atoms with Crippen molar-refractivity contribution in [1.29, 1.82) is 0 Å². The van der Waals surface area contributed by atoms with E-state index in [-0.39, 0.29) is 5.82 Å². The lowest BCUT2D eigenvalue weighted by molar-refractivity contribution is 0.623. The molecule has 1 aromatic carbocycles. The number of hydrogen-bond acceptors (Lipinski definition) is 2. The molecule has 1 rings (SSSR count). The lowest BCUT2D eigenvalue weighted by atomic mass is 10.4. The average Bonchev–Trinajstić information content (AvgIpc) is 1.85. The zero-order chi connectivity index (χ0) is 8.27. The van der Waals surface area contributed by atoms with E-state index in [1.807, 2.05) is 24.5 Å². The van der Waals surface area contributed by atoms with Gasteiger partial charge in [-0.25, -0.2) is 4.39 Å². The number of benzene rings is 1. The van der Waals surface area contributed by atoms with Crippen LogP contribution in [0.15, 0.2) is 29.2 Å². The minimum absolute atomic E-state index is 0.183. The quantitative estimate of drug-likeness (QED) is 0.628. The summed E-state index contributed by atoms with van der Waals surface area (Å²) in [5.41, 5.74) is 0. The van der Waals surface area contributed by atoms with Gasteiger partial charge in [0.25, 0.3) is 0 Å². The maximum absolute atomic E-state index is 12.6. The molecule has 0 heterocycles. The summed E-state index contributed by atoms with van der Waals surface area (Å²) in [6.45, 7) is 0. The molecule has 0 aliphatic carbocycles. The van der Waals surface area contributed by atoms with E-state index < -0.39 is 0 Å². The normalized spacial score (nSPS) is 10.5. The van der Waals surface area contributed by atoms with Crippen LogP contribution in [0.1, 0.15) is 0 Å².